The molecule has 0 unspecified atom stereocenters. The number of hydrogen-bond acceptors (Lipinski definition) is 2. The highest BCUT2D eigenvalue weighted by molar-refractivity contribution is 6.04. The third kappa shape index (κ3) is 5.17. The average molecular weight is 414 g/mol. The zero-order valence-electron chi connectivity index (χ0n) is 16.5. The maximum atomic E-state index is 12.9. The molecule has 1 aromatic heterocycles. The van der Waals surface area contributed by atoms with Crippen molar-refractivity contribution in [3.8, 4) is 0 Å². The maximum Gasteiger partial charge on any atom is 0.416 e. The van der Waals surface area contributed by atoms with Crippen LogP contribution in [0.15, 0.2) is 71.7 Å². The highest BCUT2D eigenvalue weighted by Gasteiger charge is 2.30. The summed E-state index contributed by atoms with van der Waals surface area (Å²) < 4.78 is 39.9. The second-order valence-corrected chi connectivity index (χ2v) is 7.31. The number of benzene rings is 2. The van der Waals surface area contributed by atoms with E-state index in [1.54, 1.807) is 12.1 Å². The molecular weight excluding hydrogens is 393 g/mol. The highest BCUT2D eigenvalue weighted by Crippen LogP contribution is 2.29. The lowest BCUT2D eigenvalue weighted by Crippen LogP contribution is -2.22. The molecule has 3 rings (SSSR count). The predicted octanol–water partition coefficient (Wildman–Crippen LogP) is 5.29. The first-order valence-electron chi connectivity index (χ1n) is 9.41. The predicted molar refractivity (Wildman–Crippen MR) is 110 cm³/mol. The van der Waals surface area contributed by atoms with Crippen molar-refractivity contribution < 1.29 is 18.0 Å². The molecule has 4 nitrogen and oxygen atoms in total. The van der Waals surface area contributed by atoms with Gasteiger partial charge >= 0.3 is 6.18 Å². The van der Waals surface area contributed by atoms with Crippen LogP contribution in [-0.4, -0.2) is 10.5 Å². The summed E-state index contributed by atoms with van der Waals surface area (Å²) in [6.45, 7) is 4.06. The SMILES string of the molecule is CC(C)c1ccc(NC(=O)c2ccc(=O)n(Cc3cccc(C(F)(F)F)c3)c2)cc1. The van der Waals surface area contributed by atoms with Gasteiger partial charge in [0.05, 0.1) is 17.7 Å². The second kappa shape index (κ2) is 8.57. The van der Waals surface area contributed by atoms with E-state index in [1.165, 1.54) is 35.0 Å². The molecule has 1 heterocycles. The van der Waals surface area contributed by atoms with E-state index in [2.05, 4.69) is 19.2 Å². The van der Waals surface area contributed by atoms with Crippen LogP contribution in [-0.2, 0) is 12.7 Å². The highest BCUT2D eigenvalue weighted by atomic mass is 19.4. The Bertz CT molecular complexity index is 1100. The first kappa shape index (κ1) is 21.4. The average Bonchev–Trinajstić information content (AvgIpc) is 2.69. The van der Waals surface area contributed by atoms with Crippen LogP contribution in [0.5, 0.6) is 0 Å². The van der Waals surface area contributed by atoms with Crippen molar-refractivity contribution in [3.05, 3.63) is 99.5 Å². The van der Waals surface area contributed by atoms with Crippen molar-refractivity contribution in [2.24, 2.45) is 0 Å². The van der Waals surface area contributed by atoms with Gasteiger partial charge in [-0.25, -0.2) is 0 Å². The number of halogens is 3. The molecular formula is C23H21F3N2O2. The van der Waals surface area contributed by atoms with E-state index < -0.39 is 23.2 Å². The van der Waals surface area contributed by atoms with Crippen molar-refractivity contribution >= 4 is 11.6 Å². The van der Waals surface area contributed by atoms with Crippen molar-refractivity contribution in [2.45, 2.75) is 32.5 Å². The van der Waals surface area contributed by atoms with Gasteiger partial charge in [-0.2, -0.15) is 13.2 Å². The van der Waals surface area contributed by atoms with Crippen LogP contribution in [0, 0.1) is 0 Å². The fraction of sp³-hybridized carbons (Fsp3) is 0.217. The van der Waals surface area contributed by atoms with E-state index in [9.17, 15) is 22.8 Å². The minimum atomic E-state index is -4.46. The smallest absolute Gasteiger partial charge is 0.322 e. The van der Waals surface area contributed by atoms with Crippen molar-refractivity contribution in [1.82, 2.24) is 4.57 Å². The van der Waals surface area contributed by atoms with Crippen LogP contribution in [0.2, 0.25) is 0 Å². The molecule has 30 heavy (non-hydrogen) atoms. The Hall–Kier alpha value is -3.35. The Kier molecular flexibility index (Phi) is 6.10. The first-order valence-corrected chi connectivity index (χ1v) is 9.41. The zero-order chi connectivity index (χ0) is 21.9. The molecule has 0 spiro atoms. The van der Waals surface area contributed by atoms with E-state index in [1.807, 2.05) is 12.1 Å². The lowest BCUT2D eigenvalue weighted by Gasteiger charge is -2.12. The molecule has 0 fully saturated rings. The van der Waals surface area contributed by atoms with Crippen molar-refractivity contribution in [2.75, 3.05) is 5.32 Å². The quantitative estimate of drug-likeness (QED) is 0.617. The number of anilines is 1. The standard InChI is InChI=1S/C23H21F3N2O2/c1-15(2)17-6-9-20(10-7-17)27-22(30)18-8-11-21(29)28(14-18)13-16-4-3-5-19(12-16)23(24,25)26/h3-12,14-15H,13H2,1-2H3,(H,27,30). The Labute approximate surface area is 172 Å². The second-order valence-electron chi connectivity index (χ2n) is 7.31. The Morgan fingerprint density at radius 2 is 1.73 bits per heavy atom. The van der Waals surface area contributed by atoms with E-state index in [0.29, 0.717) is 17.2 Å². The number of rotatable bonds is 5. The monoisotopic (exact) mass is 414 g/mol. The van der Waals surface area contributed by atoms with Gasteiger partial charge in [-0.1, -0.05) is 38.1 Å². The molecule has 0 saturated carbocycles. The van der Waals surface area contributed by atoms with Gasteiger partial charge in [-0.05, 0) is 47.4 Å². The van der Waals surface area contributed by atoms with Crippen LogP contribution >= 0.6 is 0 Å². The fourth-order valence-electron chi connectivity index (χ4n) is 2.99. The Balaban J connectivity index is 1.79. The number of amides is 1. The molecule has 1 N–H and O–H groups in total. The largest absolute Gasteiger partial charge is 0.416 e. The van der Waals surface area contributed by atoms with Crippen LogP contribution in [0.25, 0.3) is 0 Å². The molecule has 0 radical (unpaired) electrons. The molecule has 0 aliphatic rings. The van der Waals surface area contributed by atoms with Gasteiger partial charge in [0.15, 0.2) is 0 Å². The molecule has 0 aliphatic carbocycles. The maximum absolute atomic E-state index is 12.9. The molecule has 2 aromatic carbocycles. The number of carbonyl (C=O) groups is 1. The summed E-state index contributed by atoms with van der Waals surface area (Å²) in [7, 11) is 0. The molecule has 156 valence electrons. The molecule has 0 aliphatic heterocycles. The Morgan fingerprint density at radius 3 is 2.37 bits per heavy atom. The molecule has 0 atom stereocenters. The summed E-state index contributed by atoms with van der Waals surface area (Å²) in [6, 6.07) is 14.8. The van der Waals surface area contributed by atoms with Crippen molar-refractivity contribution in [1.29, 1.82) is 0 Å². The third-order valence-electron chi connectivity index (χ3n) is 4.69. The minimum absolute atomic E-state index is 0.0764. The molecule has 7 heteroatoms. The van der Waals surface area contributed by atoms with Gasteiger partial charge in [0.1, 0.15) is 0 Å². The van der Waals surface area contributed by atoms with E-state index in [4.69, 9.17) is 0 Å². The van der Waals surface area contributed by atoms with E-state index in [0.717, 1.165) is 17.7 Å². The summed E-state index contributed by atoms with van der Waals surface area (Å²) in [5, 5.41) is 2.76. The molecule has 3 aromatic rings. The number of nitrogens with zero attached hydrogens (tertiary/aromatic N) is 1. The summed E-state index contributed by atoms with van der Waals surface area (Å²) in [6.07, 6.45) is -3.12. The zero-order valence-corrected chi connectivity index (χ0v) is 16.5. The van der Waals surface area contributed by atoms with Gasteiger partial charge < -0.3 is 9.88 Å². The van der Waals surface area contributed by atoms with Crippen LogP contribution in [0.1, 0.15) is 46.8 Å². The van der Waals surface area contributed by atoms with Crippen molar-refractivity contribution in [3.63, 3.8) is 0 Å². The lowest BCUT2D eigenvalue weighted by atomic mass is 10.0. The van der Waals surface area contributed by atoms with Crippen LogP contribution in [0.3, 0.4) is 0 Å². The summed E-state index contributed by atoms with van der Waals surface area (Å²) in [4.78, 5) is 24.7. The van der Waals surface area contributed by atoms with Crippen LogP contribution < -0.4 is 10.9 Å². The normalized spacial score (nSPS) is 11.5. The van der Waals surface area contributed by atoms with Gasteiger partial charge in [-0.3, -0.25) is 9.59 Å². The number of aromatic nitrogens is 1. The Morgan fingerprint density at radius 1 is 1.03 bits per heavy atom. The minimum Gasteiger partial charge on any atom is -0.322 e. The fourth-order valence-corrected chi connectivity index (χ4v) is 2.99. The summed E-state index contributed by atoms with van der Waals surface area (Å²) >= 11 is 0. The molecule has 0 saturated heterocycles. The van der Waals surface area contributed by atoms with Gasteiger partial charge in [0.2, 0.25) is 0 Å². The number of nitrogens with one attached hydrogen (secondary N) is 1. The van der Waals surface area contributed by atoms with E-state index in [-0.39, 0.29) is 12.1 Å². The van der Waals surface area contributed by atoms with Gasteiger partial charge in [-0.15, -0.1) is 0 Å². The molecule has 1 amide bonds. The number of hydrogen-bond donors (Lipinski definition) is 1. The topological polar surface area (TPSA) is 51.1 Å². The number of pyridine rings is 1. The summed E-state index contributed by atoms with van der Waals surface area (Å²) in [5.41, 5.74) is 1.10. The van der Waals surface area contributed by atoms with Gasteiger partial charge in [0, 0.05) is 18.0 Å². The first-order chi connectivity index (χ1) is 14.1. The third-order valence-corrected chi connectivity index (χ3v) is 4.69. The molecule has 0 bridgehead atoms. The van der Waals surface area contributed by atoms with E-state index >= 15 is 0 Å². The lowest BCUT2D eigenvalue weighted by molar-refractivity contribution is -0.137. The number of carbonyl (C=O) groups excluding carboxylic acids is 1. The van der Waals surface area contributed by atoms with Crippen LogP contribution in [0.4, 0.5) is 18.9 Å². The number of alkyl halides is 3. The van der Waals surface area contributed by atoms with Gasteiger partial charge in [0.25, 0.3) is 11.5 Å². The summed E-state index contributed by atoms with van der Waals surface area (Å²) in [5.74, 6) is -0.0424.